The molecule has 0 spiro atoms. The van der Waals surface area contributed by atoms with Gasteiger partial charge in [0.2, 0.25) is 0 Å². The van der Waals surface area contributed by atoms with Gasteiger partial charge in [-0.25, -0.2) is 19.6 Å². The first kappa shape index (κ1) is 14.5. The van der Waals surface area contributed by atoms with E-state index in [2.05, 4.69) is 31.9 Å². The van der Waals surface area contributed by atoms with Crippen molar-refractivity contribution in [2.24, 2.45) is 0 Å². The van der Waals surface area contributed by atoms with E-state index in [1.807, 2.05) is 0 Å². The first-order valence-electron chi connectivity index (χ1n) is 6.49. The molecule has 3 rings (SSSR count). The third kappa shape index (κ3) is 2.81. The van der Waals surface area contributed by atoms with Gasteiger partial charge in [-0.2, -0.15) is 0 Å². The molecule has 7 heteroatoms. The average Bonchev–Trinajstić information content (AvgIpc) is 2.49. The lowest BCUT2D eigenvalue weighted by atomic mass is 9.43. The number of aromatic nitrogens is 2. The Bertz CT molecular complexity index is 763. The van der Waals surface area contributed by atoms with Crippen molar-refractivity contribution in [1.82, 2.24) is 9.97 Å². The minimum atomic E-state index is -0.406. The summed E-state index contributed by atoms with van der Waals surface area (Å²) in [5.74, 6) is 2.19. The molecular formula is C14H9BBrClFN3. The summed E-state index contributed by atoms with van der Waals surface area (Å²) in [6.07, 6.45) is 2.10. The summed E-state index contributed by atoms with van der Waals surface area (Å²) < 4.78 is 14.6. The zero-order chi connectivity index (χ0) is 15.0. The fourth-order valence-corrected chi connectivity index (χ4v) is 3.20. The number of rotatable bonds is 1. The van der Waals surface area contributed by atoms with Gasteiger partial charge in [0, 0.05) is 22.2 Å². The van der Waals surface area contributed by atoms with Crippen LogP contribution in [0.2, 0.25) is 11.3 Å². The van der Waals surface area contributed by atoms with Crippen LogP contribution in [-0.2, 0) is 12.7 Å². The second-order valence-electron chi connectivity index (χ2n) is 4.96. The van der Waals surface area contributed by atoms with E-state index >= 15 is 0 Å². The van der Waals surface area contributed by atoms with Crippen LogP contribution in [-0.4, -0.2) is 16.7 Å². The van der Waals surface area contributed by atoms with Crippen molar-refractivity contribution < 1.29 is 4.39 Å². The monoisotopic (exact) mass is 363 g/mol. The van der Waals surface area contributed by atoms with Crippen molar-refractivity contribution in [3.63, 3.8) is 0 Å². The number of nitrogens with zero attached hydrogens (tertiary/aromatic N) is 3. The molecule has 0 radical (unpaired) electrons. The summed E-state index contributed by atoms with van der Waals surface area (Å²) in [5, 5.41) is 9.47. The van der Waals surface area contributed by atoms with Crippen LogP contribution >= 0.6 is 27.5 Å². The van der Waals surface area contributed by atoms with E-state index in [4.69, 9.17) is 16.9 Å². The van der Waals surface area contributed by atoms with E-state index in [-0.39, 0.29) is 12.3 Å². The lowest BCUT2D eigenvalue weighted by molar-refractivity contribution is 0.629. The van der Waals surface area contributed by atoms with Crippen LogP contribution in [0.5, 0.6) is 0 Å². The third-order valence-electron chi connectivity index (χ3n) is 3.57. The number of hydrogen-bond acceptors (Lipinski definition) is 3. The summed E-state index contributed by atoms with van der Waals surface area (Å²) in [5.41, 5.74) is 2.10. The number of hydrogen-bond donors (Lipinski definition) is 0. The first-order valence-corrected chi connectivity index (χ1v) is 7.66. The number of aryl methyl sites for hydroxylation is 1. The van der Waals surface area contributed by atoms with Gasteiger partial charge in [-0.1, -0.05) is 17.9 Å². The number of benzene rings is 1. The highest BCUT2D eigenvalue weighted by molar-refractivity contribution is 9.10. The molecule has 3 nitrogen and oxygen atoms in total. The number of fused-ring (bicyclic) bond motifs is 1. The Hall–Kier alpha value is -1.45. The molecule has 0 saturated heterocycles. The molecule has 0 fully saturated rings. The zero-order valence-electron chi connectivity index (χ0n) is 10.9. The summed E-state index contributed by atoms with van der Waals surface area (Å²) >= 11 is 9.33. The normalized spacial score (nSPS) is 13.7. The molecule has 1 aromatic carbocycles. The fraction of sp³-hybridized carbons (Fsp3) is 0.214. The molecule has 1 aromatic heterocycles. The molecule has 0 unspecified atom stereocenters. The molecule has 2 heterocycles. The molecule has 1 aliphatic rings. The molecular weight excluding hydrogens is 355 g/mol. The Morgan fingerprint density at radius 3 is 2.95 bits per heavy atom. The molecule has 104 valence electrons. The van der Waals surface area contributed by atoms with E-state index in [0.29, 0.717) is 28.2 Å². The van der Waals surface area contributed by atoms with Gasteiger partial charge in [-0.3, -0.25) is 0 Å². The largest absolute Gasteiger partial charge is 0.272 e. The van der Waals surface area contributed by atoms with Crippen molar-refractivity contribution in [3.8, 4) is 17.4 Å². The maximum absolute atomic E-state index is 13.9. The molecule has 0 bridgehead atoms. The van der Waals surface area contributed by atoms with Crippen LogP contribution in [0.1, 0.15) is 11.3 Å². The van der Waals surface area contributed by atoms with Gasteiger partial charge in [0.05, 0.1) is 5.56 Å². The second kappa shape index (κ2) is 5.74. The molecule has 0 atom stereocenters. The molecule has 21 heavy (non-hydrogen) atoms. The highest BCUT2D eigenvalue weighted by Crippen LogP contribution is 2.30. The third-order valence-corrected chi connectivity index (χ3v) is 4.47. The Kier molecular flexibility index (Phi) is 3.96. The Morgan fingerprint density at radius 1 is 1.38 bits per heavy atom. The standard InChI is InChI=1S/C14H9BBrClFN3/c16-13-10-6-15(7-19)4-3-12(10)20-14(21-13)9-5-8(17)1-2-11(9)18/h1-2,5H,3-4,6H2. The van der Waals surface area contributed by atoms with Crippen LogP contribution in [0, 0.1) is 17.0 Å². The van der Waals surface area contributed by atoms with Crippen LogP contribution in [0.15, 0.2) is 22.8 Å². The molecule has 0 aliphatic carbocycles. The van der Waals surface area contributed by atoms with Crippen LogP contribution in [0.3, 0.4) is 0 Å². The van der Waals surface area contributed by atoms with Crippen molar-refractivity contribution in [2.45, 2.75) is 19.1 Å². The van der Waals surface area contributed by atoms with Gasteiger partial charge < -0.3 is 0 Å². The van der Waals surface area contributed by atoms with Gasteiger partial charge in [0.1, 0.15) is 10.4 Å². The molecule has 0 amide bonds. The van der Waals surface area contributed by atoms with Gasteiger partial charge >= 0.3 is 0 Å². The van der Waals surface area contributed by atoms with Crippen LogP contribution < -0.4 is 0 Å². The lowest BCUT2D eigenvalue weighted by Crippen LogP contribution is -2.24. The molecule has 2 aromatic rings. The van der Waals surface area contributed by atoms with Crippen molar-refractivity contribution in [2.75, 3.05) is 0 Å². The van der Waals surface area contributed by atoms with Crippen LogP contribution in [0.4, 0.5) is 4.39 Å². The second-order valence-corrected chi connectivity index (χ2v) is 6.14. The van der Waals surface area contributed by atoms with E-state index in [1.54, 1.807) is 0 Å². The maximum atomic E-state index is 13.9. The minimum absolute atomic E-state index is 0.00819. The highest BCUT2D eigenvalue weighted by atomic mass is 79.9. The predicted octanol–water partition coefficient (Wildman–Crippen LogP) is 3.89. The maximum Gasteiger partial charge on any atom is 0.272 e. The van der Waals surface area contributed by atoms with Gasteiger partial charge in [0.25, 0.3) is 6.71 Å². The van der Waals surface area contributed by atoms with Crippen LogP contribution in [0.25, 0.3) is 11.4 Å². The average molecular weight is 364 g/mol. The summed E-state index contributed by atoms with van der Waals surface area (Å²) in [7, 11) is 0. The van der Waals surface area contributed by atoms with E-state index in [1.165, 1.54) is 18.2 Å². The summed E-state index contributed by atoms with van der Waals surface area (Å²) in [4.78, 5) is 8.79. The SMILES string of the molecule is N#CB1CCc2nc(-c3cc(Cl)ccc3F)nc(Br)c2C1. The van der Waals surface area contributed by atoms with Crippen molar-refractivity contribution in [1.29, 1.82) is 5.26 Å². The highest BCUT2D eigenvalue weighted by Gasteiger charge is 2.26. The van der Waals surface area contributed by atoms with Gasteiger partial charge in [-0.05, 0) is 46.9 Å². The Morgan fingerprint density at radius 2 is 2.19 bits per heavy atom. The van der Waals surface area contributed by atoms with Crippen molar-refractivity contribution >= 4 is 34.2 Å². The zero-order valence-corrected chi connectivity index (χ0v) is 13.2. The topological polar surface area (TPSA) is 49.6 Å². The number of nitriles is 1. The quantitative estimate of drug-likeness (QED) is 0.570. The summed E-state index contributed by atoms with van der Waals surface area (Å²) in [6.45, 7) is -0.00819. The fourth-order valence-electron chi connectivity index (χ4n) is 2.47. The number of halogens is 3. The molecule has 0 N–H and O–H groups in total. The van der Waals surface area contributed by atoms with E-state index < -0.39 is 5.82 Å². The minimum Gasteiger partial charge on any atom is -0.233 e. The van der Waals surface area contributed by atoms with E-state index in [9.17, 15) is 4.39 Å². The Balaban J connectivity index is 2.09. The summed E-state index contributed by atoms with van der Waals surface area (Å²) in [6, 6.07) is 4.32. The van der Waals surface area contributed by atoms with Crippen molar-refractivity contribution in [3.05, 3.63) is 44.9 Å². The smallest absolute Gasteiger partial charge is 0.233 e. The molecule has 0 saturated carbocycles. The Labute approximate surface area is 135 Å². The van der Waals surface area contributed by atoms with E-state index in [0.717, 1.165) is 17.6 Å². The van der Waals surface area contributed by atoms with Gasteiger partial charge in [0.15, 0.2) is 5.82 Å². The first-order chi connectivity index (χ1) is 10.1. The predicted molar refractivity (Wildman–Crippen MR) is 83.7 cm³/mol. The van der Waals surface area contributed by atoms with Gasteiger partial charge in [-0.15, -0.1) is 0 Å². The molecule has 1 aliphatic heterocycles. The lowest BCUT2D eigenvalue weighted by Gasteiger charge is -2.18.